The molecule has 3 atom stereocenters. The second-order valence-corrected chi connectivity index (χ2v) is 7.50. The molecule has 1 saturated heterocycles. The van der Waals surface area contributed by atoms with Crippen LogP contribution in [-0.2, 0) is 25.2 Å². The van der Waals surface area contributed by atoms with Gasteiger partial charge in [0.2, 0.25) is 5.83 Å². The molecule has 9 nitrogen and oxygen atoms in total. The molecule has 2 aliphatic heterocycles. The molecule has 30 heavy (non-hydrogen) atoms. The molecule has 1 aromatic rings. The molecular formula is C18H21F2N2O7P. The SMILES string of the molecule is C=CN(/C=C(/F)C(=O)NC)C1CCC(C(O)(O)OP2OCc3cc(F)ccc3O2)O1. The van der Waals surface area contributed by atoms with Crippen molar-refractivity contribution < 1.29 is 42.1 Å². The smallest absolute Gasteiger partial charge is 0.402 e. The Labute approximate surface area is 172 Å². The van der Waals surface area contributed by atoms with Crippen LogP contribution in [0.2, 0.25) is 0 Å². The number of nitrogens with zero attached hydrogens (tertiary/aromatic N) is 1. The molecule has 1 aromatic carbocycles. The van der Waals surface area contributed by atoms with E-state index in [2.05, 4.69) is 11.9 Å². The molecule has 3 N–H and O–H groups in total. The maximum Gasteiger partial charge on any atom is 0.402 e. The lowest BCUT2D eigenvalue weighted by molar-refractivity contribution is -0.346. The van der Waals surface area contributed by atoms with Crippen molar-refractivity contribution in [2.24, 2.45) is 0 Å². The summed E-state index contributed by atoms with van der Waals surface area (Å²) >= 11 is 0. The number of fused-ring (bicyclic) bond motifs is 1. The summed E-state index contributed by atoms with van der Waals surface area (Å²) < 4.78 is 48.5. The molecule has 0 radical (unpaired) electrons. The Morgan fingerprint density at radius 3 is 2.93 bits per heavy atom. The number of hydrogen-bond donors (Lipinski definition) is 3. The molecule has 0 saturated carbocycles. The molecule has 0 aromatic heterocycles. The van der Waals surface area contributed by atoms with E-state index in [0.717, 1.165) is 6.20 Å². The van der Waals surface area contributed by atoms with E-state index in [4.69, 9.17) is 18.3 Å². The number of hydrogen-bond acceptors (Lipinski definition) is 8. The minimum Gasteiger partial charge on any atom is -0.426 e. The summed E-state index contributed by atoms with van der Waals surface area (Å²) in [5.74, 6) is -4.91. The molecule has 0 aliphatic carbocycles. The van der Waals surface area contributed by atoms with Gasteiger partial charge in [-0.1, -0.05) is 6.58 Å². The van der Waals surface area contributed by atoms with Gasteiger partial charge in [-0.3, -0.25) is 9.32 Å². The number of aliphatic hydroxyl groups is 2. The summed E-state index contributed by atoms with van der Waals surface area (Å²) in [4.78, 5) is 12.5. The Morgan fingerprint density at radius 2 is 2.23 bits per heavy atom. The fourth-order valence-corrected chi connectivity index (χ4v) is 3.93. The number of likely N-dealkylation sites (N-methyl/N-ethyl adjacent to an activating group) is 1. The first-order valence-electron chi connectivity index (χ1n) is 8.91. The predicted molar refractivity (Wildman–Crippen MR) is 100 cm³/mol. The van der Waals surface area contributed by atoms with Crippen LogP contribution in [0.1, 0.15) is 18.4 Å². The highest BCUT2D eigenvalue weighted by Gasteiger charge is 2.47. The third-order valence-electron chi connectivity index (χ3n) is 4.40. The van der Waals surface area contributed by atoms with Crippen molar-refractivity contribution in [2.75, 3.05) is 7.05 Å². The third kappa shape index (κ3) is 5.12. The molecule has 1 amide bonds. The Balaban J connectivity index is 1.61. The standard InChI is InChI=1S/C18H21F2N2O7P/c1-3-22(9-13(20)17(23)21-2)16-7-6-15(27-16)18(24,25)29-30-26-10-11-8-12(19)4-5-14(11)28-30/h3-5,8-9,15-16,24-25H,1,6-7,10H2,2H3,(H,21,23)/b13-9+. The van der Waals surface area contributed by atoms with E-state index >= 15 is 0 Å². The van der Waals surface area contributed by atoms with Gasteiger partial charge in [-0.2, -0.15) is 4.39 Å². The number of carbonyl (C=O) groups is 1. The Morgan fingerprint density at radius 1 is 1.47 bits per heavy atom. The van der Waals surface area contributed by atoms with Crippen molar-refractivity contribution in [3.8, 4) is 5.75 Å². The van der Waals surface area contributed by atoms with Crippen LogP contribution in [0.25, 0.3) is 0 Å². The van der Waals surface area contributed by atoms with Crippen molar-refractivity contribution in [1.29, 1.82) is 0 Å². The number of ether oxygens (including phenoxy) is 1. The molecule has 3 rings (SSSR count). The average molecular weight is 446 g/mol. The highest BCUT2D eigenvalue weighted by molar-refractivity contribution is 7.42. The molecular weight excluding hydrogens is 425 g/mol. The van der Waals surface area contributed by atoms with Gasteiger partial charge in [0.05, 0.1) is 6.61 Å². The van der Waals surface area contributed by atoms with Crippen LogP contribution in [0.5, 0.6) is 5.75 Å². The van der Waals surface area contributed by atoms with Gasteiger partial charge in [-0.15, -0.1) is 0 Å². The molecule has 0 spiro atoms. The lowest BCUT2D eigenvalue weighted by Gasteiger charge is -2.32. The van der Waals surface area contributed by atoms with E-state index in [1.54, 1.807) is 0 Å². The average Bonchev–Trinajstić information content (AvgIpc) is 3.22. The number of nitrogens with one attached hydrogen (secondary N) is 1. The van der Waals surface area contributed by atoms with Gasteiger partial charge in [0.25, 0.3) is 5.91 Å². The normalized spacial score (nSPS) is 24.0. The van der Waals surface area contributed by atoms with Crippen LogP contribution in [0.3, 0.4) is 0 Å². The Kier molecular flexibility index (Phi) is 7.02. The van der Waals surface area contributed by atoms with Gasteiger partial charge in [-0.05, 0) is 37.2 Å². The van der Waals surface area contributed by atoms with E-state index < -0.39 is 44.5 Å². The molecule has 2 heterocycles. The molecule has 0 bridgehead atoms. The first kappa shape index (κ1) is 22.5. The van der Waals surface area contributed by atoms with Crippen LogP contribution < -0.4 is 9.84 Å². The lowest BCUT2D eigenvalue weighted by Crippen LogP contribution is -2.45. The quantitative estimate of drug-likeness (QED) is 0.332. The molecule has 2 aliphatic rings. The van der Waals surface area contributed by atoms with Crippen LogP contribution in [0, 0.1) is 5.82 Å². The fraction of sp³-hybridized carbons (Fsp3) is 0.389. The summed E-state index contributed by atoms with van der Waals surface area (Å²) in [6.07, 6.45) is 0.509. The summed E-state index contributed by atoms with van der Waals surface area (Å²) in [5.41, 5.74) is 0.461. The number of halogens is 2. The summed E-state index contributed by atoms with van der Waals surface area (Å²) in [6, 6.07) is 3.83. The zero-order valence-corrected chi connectivity index (χ0v) is 16.9. The minimum absolute atomic E-state index is 0.0309. The topological polar surface area (TPSA) is 110 Å². The second-order valence-electron chi connectivity index (χ2n) is 6.43. The zero-order valence-electron chi connectivity index (χ0n) is 16.0. The van der Waals surface area contributed by atoms with Gasteiger partial charge in [-0.25, -0.2) is 8.91 Å². The Hall–Kier alpha value is -2.14. The minimum atomic E-state index is -2.77. The summed E-state index contributed by atoms with van der Waals surface area (Å²) in [5, 5.41) is 22.8. The number of rotatable bonds is 7. The summed E-state index contributed by atoms with van der Waals surface area (Å²) in [6.45, 7) is 3.50. The predicted octanol–water partition coefficient (Wildman–Crippen LogP) is 2.12. The molecule has 3 unspecified atom stereocenters. The number of benzene rings is 1. The van der Waals surface area contributed by atoms with E-state index in [1.807, 2.05) is 0 Å². The highest BCUT2D eigenvalue weighted by Crippen LogP contribution is 2.50. The number of carbonyl (C=O) groups excluding carboxylic acids is 1. The maximum atomic E-state index is 13.8. The van der Waals surface area contributed by atoms with Crippen LogP contribution in [-0.4, -0.2) is 46.4 Å². The summed E-state index contributed by atoms with van der Waals surface area (Å²) in [7, 11) is -0.908. The van der Waals surface area contributed by atoms with Gasteiger partial charge < -0.3 is 29.7 Å². The largest absolute Gasteiger partial charge is 0.426 e. The van der Waals surface area contributed by atoms with Crippen molar-refractivity contribution in [3.05, 3.63) is 54.4 Å². The number of amides is 1. The maximum absolute atomic E-state index is 13.8. The molecule has 12 heteroatoms. The third-order valence-corrected chi connectivity index (χ3v) is 5.50. The van der Waals surface area contributed by atoms with E-state index in [9.17, 15) is 23.8 Å². The van der Waals surface area contributed by atoms with E-state index in [-0.39, 0.29) is 19.4 Å². The first-order valence-corrected chi connectivity index (χ1v) is 10.0. The van der Waals surface area contributed by atoms with Crippen LogP contribution >= 0.6 is 8.60 Å². The Bertz CT molecular complexity index is 839. The zero-order chi connectivity index (χ0) is 21.9. The van der Waals surface area contributed by atoms with Gasteiger partial charge in [0.15, 0.2) is 0 Å². The first-order chi connectivity index (χ1) is 14.2. The van der Waals surface area contributed by atoms with Crippen molar-refractivity contribution >= 4 is 14.5 Å². The van der Waals surface area contributed by atoms with Crippen LogP contribution in [0.15, 0.2) is 43.0 Å². The van der Waals surface area contributed by atoms with Gasteiger partial charge in [0.1, 0.15) is 23.9 Å². The van der Waals surface area contributed by atoms with Crippen molar-refractivity contribution in [2.45, 2.75) is 37.8 Å². The van der Waals surface area contributed by atoms with Crippen LogP contribution in [0.4, 0.5) is 8.78 Å². The van der Waals surface area contributed by atoms with Crippen molar-refractivity contribution in [3.63, 3.8) is 0 Å². The van der Waals surface area contributed by atoms with Gasteiger partial charge >= 0.3 is 14.6 Å². The fourth-order valence-electron chi connectivity index (χ4n) is 2.87. The second kappa shape index (κ2) is 9.34. The lowest BCUT2D eigenvalue weighted by atomic mass is 10.2. The van der Waals surface area contributed by atoms with Gasteiger partial charge in [0, 0.05) is 18.8 Å². The monoisotopic (exact) mass is 446 g/mol. The van der Waals surface area contributed by atoms with E-state index in [0.29, 0.717) is 11.3 Å². The highest BCUT2D eigenvalue weighted by atomic mass is 31.2. The molecule has 1 fully saturated rings. The van der Waals surface area contributed by atoms with Crippen molar-refractivity contribution in [1.82, 2.24) is 10.2 Å². The van der Waals surface area contributed by atoms with E-state index in [1.165, 1.54) is 36.3 Å². The molecule has 164 valence electrons.